The van der Waals surface area contributed by atoms with Gasteiger partial charge in [0.05, 0.1) is 0 Å². The molecule has 3 N–H and O–H groups in total. The molecule has 0 saturated heterocycles. The Hall–Kier alpha value is -1.30. The maximum Gasteiger partial charge on any atom is 0.253 e. The molecule has 0 aromatic carbocycles. The van der Waals surface area contributed by atoms with E-state index in [-0.39, 0.29) is 17.7 Å². The predicted octanol–water partition coefficient (Wildman–Crippen LogP) is 0.252. The van der Waals surface area contributed by atoms with Gasteiger partial charge in [0.25, 0.3) is 5.91 Å². The fourth-order valence-corrected chi connectivity index (χ4v) is 1.23. The predicted molar refractivity (Wildman–Crippen MR) is 61.3 cm³/mol. The minimum absolute atomic E-state index is 0.106. The van der Waals surface area contributed by atoms with Crippen LogP contribution in [0, 0.1) is 5.92 Å². The number of nitrogens with two attached hydrogens (primary N) is 1. The van der Waals surface area contributed by atoms with E-state index in [4.69, 9.17) is 15.7 Å². The Bertz CT molecular complexity index is 276. The Balaban J connectivity index is 4.48. The van der Waals surface area contributed by atoms with Crippen LogP contribution in [0.15, 0.2) is 5.16 Å². The van der Waals surface area contributed by atoms with Crippen LogP contribution in [0.1, 0.15) is 20.8 Å². The van der Waals surface area contributed by atoms with Crippen LogP contribution >= 0.6 is 0 Å². The number of hydrogen-bond donors (Lipinski definition) is 2. The van der Waals surface area contributed by atoms with Gasteiger partial charge >= 0.3 is 0 Å². The highest BCUT2D eigenvalue weighted by atomic mass is 16.5. The van der Waals surface area contributed by atoms with Gasteiger partial charge in [-0.3, -0.25) is 4.79 Å². The van der Waals surface area contributed by atoms with Crippen molar-refractivity contribution in [2.24, 2.45) is 16.8 Å². The summed E-state index contributed by atoms with van der Waals surface area (Å²) in [4.78, 5) is 13.4. The Morgan fingerprint density at radius 3 is 2.50 bits per heavy atom. The average Bonchev–Trinajstić information content (AvgIpc) is 2.26. The van der Waals surface area contributed by atoms with Crippen LogP contribution in [0.5, 0.6) is 0 Å². The van der Waals surface area contributed by atoms with Crippen molar-refractivity contribution in [3.05, 3.63) is 0 Å². The zero-order valence-corrected chi connectivity index (χ0v) is 10.5. The minimum Gasteiger partial charge on any atom is -0.409 e. The van der Waals surface area contributed by atoms with E-state index in [1.165, 1.54) is 12.0 Å². The molecule has 16 heavy (non-hydrogen) atoms. The summed E-state index contributed by atoms with van der Waals surface area (Å²) in [5.41, 5.74) is 4.58. The first-order valence-electron chi connectivity index (χ1n) is 5.04. The van der Waals surface area contributed by atoms with Crippen molar-refractivity contribution in [2.75, 3.05) is 20.7 Å². The number of rotatable bonds is 5. The molecule has 0 aliphatic rings. The Kier molecular flexibility index (Phi) is 5.23. The number of methoxy groups -OCH3 is 1. The van der Waals surface area contributed by atoms with Crippen LogP contribution in [0.2, 0.25) is 0 Å². The number of nitrogens with zero attached hydrogens (tertiary/aromatic N) is 2. The molecule has 6 nitrogen and oxygen atoms in total. The van der Waals surface area contributed by atoms with E-state index in [0.717, 1.165) is 0 Å². The van der Waals surface area contributed by atoms with Crippen molar-refractivity contribution < 1.29 is 14.7 Å². The first-order chi connectivity index (χ1) is 7.26. The SMILES string of the molecule is COC(C)(C)C(=O)N(C)CC(C)C(N)=NO. The van der Waals surface area contributed by atoms with Crippen molar-refractivity contribution in [1.29, 1.82) is 0 Å². The summed E-state index contributed by atoms with van der Waals surface area (Å²) >= 11 is 0. The first kappa shape index (κ1) is 14.7. The zero-order valence-electron chi connectivity index (χ0n) is 10.5. The van der Waals surface area contributed by atoms with Gasteiger partial charge in [-0.2, -0.15) is 0 Å². The van der Waals surface area contributed by atoms with Gasteiger partial charge in [0, 0.05) is 26.6 Å². The van der Waals surface area contributed by atoms with Crippen LogP contribution < -0.4 is 5.73 Å². The second-order valence-corrected chi connectivity index (χ2v) is 4.33. The number of hydrogen-bond acceptors (Lipinski definition) is 4. The molecule has 0 rings (SSSR count). The van der Waals surface area contributed by atoms with Crippen molar-refractivity contribution in [3.8, 4) is 0 Å². The molecule has 0 fully saturated rings. The van der Waals surface area contributed by atoms with E-state index >= 15 is 0 Å². The number of oxime groups is 1. The van der Waals surface area contributed by atoms with E-state index in [1.807, 2.05) is 0 Å². The molecule has 0 aromatic rings. The number of amidine groups is 1. The Labute approximate surface area is 96.0 Å². The lowest BCUT2D eigenvalue weighted by Gasteiger charge is -2.29. The van der Waals surface area contributed by atoms with Crippen molar-refractivity contribution in [1.82, 2.24) is 4.90 Å². The molecule has 1 amide bonds. The number of amides is 1. The van der Waals surface area contributed by atoms with E-state index in [0.29, 0.717) is 6.54 Å². The van der Waals surface area contributed by atoms with Crippen molar-refractivity contribution in [2.45, 2.75) is 26.4 Å². The molecule has 0 radical (unpaired) electrons. The molecule has 0 bridgehead atoms. The summed E-state index contributed by atoms with van der Waals surface area (Å²) in [5.74, 6) is -0.242. The van der Waals surface area contributed by atoms with E-state index < -0.39 is 5.60 Å². The van der Waals surface area contributed by atoms with E-state index in [1.54, 1.807) is 27.8 Å². The number of likely N-dealkylation sites (N-methyl/N-ethyl adjacent to an activating group) is 1. The topological polar surface area (TPSA) is 88.2 Å². The zero-order chi connectivity index (χ0) is 12.9. The van der Waals surface area contributed by atoms with Crippen LogP contribution in [-0.2, 0) is 9.53 Å². The maximum atomic E-state index is 11.9. The van der Waals surface area contributed by atoms with Crippen LogP contribution in [-0.4, -0.2) is 48.2 Å². The average molecular weight is 231 g/mol. The summed E-state index contributed by atoms with van der Waals surface area (Å²) in [6.07, 6.45) is 0. The summed E-state index contributed by atoms with van der Waals surface area (Å²) in [6.45, 7) is 5.54. The fourth-order valence-electron chi connectivity index (χ4n) is 1.23. The summed E-state index contributed by atoms with van der Waals surface area (Å²) in [7, 11) is 3.14. The van der Waals surface area contributed by atoms with Gasteiger partial charge in [-0.05, 0) is 13.8 Å². The van der Waals surface area contributed by atoms with Crippen LogP contribution in [0.3, 0.4) is 0 Å². The highest BCUT2D eigenvalue weighted by Crippen LogP contribution is 2.12. The smallest absolute Gasteiger partial charge is 0.253 e. The molecule has 94 valence electrons. The maximum absolute atomic E-state index is 11.9. The molecule has 0 saturated carbocycles. The first-order valence-corrected chi connectivity index (χ1v) is 5.04. The van der Waals surface area contributed by atoms with E-state index in [2.05, 4.69) is 5.16 Å². The number of carbonyl (C=O) groups is 1. The highest BCUT2D eigenvalue weighted by molar-refractivity contribution is 5.86. The third kappa shape index (κ3) is 3.69. The highest BCUT2D eigenvalue weighted by Gasteiger charge is 2.30. The molecule has 1 atom stereocenters. The number of ether oxygens (including phenoxy) is 1. The molecule has 1 unspecified atom stereocenters. The molecule has 0 aliphatic carbocycles. The van der Waals surface area contributed by atoms with Crippen molar-refractivity contribution in [3.63, 3.8) is 0 Å². The molecule has 0 aliphatic heterocycles. The van der Waals surface area contributed by atoms with E-state index in [9.17, 15) is 4.79 Å². The monoisotopic (exact) mass is 231 g/mol. The molecule has 0 aromatic heterocycles. The van der Waals surface area contributed by atoms with Crippen LogP contribution in [0.25, 0.3) is 0 Å². The minimum atomic E-state index is -0.862. The Morgan fingerprint density at radius 1 is 1.62 bits per heavy atom. The van der Waals surface area contributed by atoms with Crippen LogP contribution in [0.4, 0.5) is 0 Å². The second kappa shape index (κ2) is 5.69. The van der Waals surface area contributed by atoms with Gasteiger partial charge < -0.3 is 20.6 Å². The molecular formula is C10H21N3O3. The Morgan fingerprint density at radius 2 is 2.12 bits per heavy atom. The second-order valence-electron chi connectivity index (χ2n) is 4.33. The van der Waals surface area contributed by atoms with Gasteiger partial charge in [-0.15, -0.1) is 0 Å². The summed E-state index contributed by atoms with van der Waals surface area (Å²) < 4.78 is 5.09. The largest absolute Gasteiger partial charge is 0.409 e. The van der Waals surface area contributed by atoms with Gasteiger partial charge in [0.2, 0.25) is 0 Å². The van der Waals surface area contributed by atoms with Gasteiger partial charge in [0.15, 0.2) is 0 Å². The third-order valence-corrected chi connectivity index (χ3v) is 2.54. The number of carbonyl (C=O) groups excluding carboxylic acids is 1. The summed E-state index contributed by atoms with van der Waals surface area (Å²) in [5, 5.41) is 11.4. The quantitative estimate of drug-likeness (QED) is 0.307. The molecular weight excluding hydrogens is 210 g/mol. The lowest BCUT2D eigenvalue weighted by Crippen LogP contribution is -2.47. The van der Waals surface area contributed by atoms with Crippen molar-refractivity contribution >= 4 is 11.7 Å². The molecule has 6 heteroatoms. The molecule has 0 spiro atoms. The normalized spacial score (nSPS) is 14.7. The lowest BCUT2D eigenvalue weighted by atomic mass is 10.1. The standard InChI is InChI=1S/C10H21N3O3/c1-7(8(11)12-15)6-13(4)9(14)10(2,3)16-5/h7,15H,6H2,1-5H3,(H2,11,12). The lowest BCUT2D eigenvalue weighted by molar-refractivity contribution is -0.149. The fraction of sp³-hybridized carbons (Fsp3) is 0.800. The molecule has 0 heterocycles. The summed E-state index contributed by atoms with van der Waals surface area (Å²) in [6, 6.07) is 0. The van der Waals surface area contributed by atoms with Gasteiger partial charge in [0.1, 0.15) is 11.4 Å². The van der Waals surface area contributed by atoms with Gasteiger partial charge in [-0.25, -0.2) is 0 Å². The van der Waals surface area contributed by atoms with Gasteiger partial charge in [-0.1, -0.05) is 12.1 Å². The third-order valence-electron chi connectivity index (χ3n) is 2.54.